The van der Waals surface area contributed by atoms with Crippen LogP contribution in [0.5, 0.6) is 5.75 Å². The summed E-state index contributed by atoms with van der Waals surface area (Å²) in [5, 5.41) is 5.89. The van der Waals surface area contributed by atoms with Crippen LogP contribution in [0.25, 0.3) is 10.8 Å². The molecule has 2 atom stereocenters. The second-order valence-corrected chi connectivity index (χ2v) is 6.95. The summed E-state index contributed by atoms with van der Waals surface area (Å²) in [6, 6.07) is 13.0. The van der Waals surface area contributed by atoms with Gasteiger partial charge in [-0.05, 0) is 47.9 Å². The van der Waals surface area contributed by atoms with Gasteiger partial charge in [-0.25, -0.2) is 0 Å². The van der Waals surface area contributed by atoms with Gasteiger partial charge in [-0.1, -0.05) is 18.2 Å². The van der Waals surface area contributed by atoms with Gasteiger partial charge < -0.3 is 10.1 Å². The van der Waals surface area contributed by atoms with Crippen molar-refractivity contribution in [3.8, 4) is 5.75 Å². The number of methoxy groups -OCH3 is 1. The van der Waals surface area contributed by atoms with Crippen LogP contribution in [0.3, 0.4) is 0 Å². The molecule has 0 aliphatic carbocycles. The summed E-state index contributed by atoms with van der Waals surface area (Å²) in [6.45, 7) is 2.97. The molecule has 0 saturated carbocycles. The molecular formula is C17H23NO2S. The largest absolute Gasteiger partial charge is 0.497 e. The predicted molar refractivity (Wildman–Crippen MR) is 90.4 cm³/mol. The Morgan fingerprint density at radius 2 is 1.90 bits per heavy atom. The molecule has 2 aromatic carbocycles. The van der Waals surface area contributed by atoms with Crippen LogP contribution >= 0.6 is 0 Å². The zero-order valence-electron chi connectivity index (χ0n) is 12.9. The molecule has 3 nitrogen and oxygen atoms in total. The van der Waals surface area contributed by atoms with Crippen molar-refractivity contribution < 1.29 is 8.95 Å². The van der Waals surface area contributed by atoms with Crippen LogP contribution in [-0.2, 0) is 17.3 Å². The molecule has 0 aromatic heterocycles. The van der Waals surface area contributed by atoms with E-state index in [1.807, 2.05) is 12.1 Å². The van der Waals surface area contributed by atoms with Gasteiger partial charge in [0.2, 0.25) is 0 Å². The van der Waals surface area contributed by atoms with Gasteiger partial charge in [0, 0.05) is 35.4 Å². The van der Waals surface area contributed by atoms with Crippen molar-refractivity contribution in [2.24, 2.45) is 0 Å². The number of fused-ring (bicyclic) bond motifs is 1. The van der Waals surface area contributed by atoms with Gasteiger partial charge in [-0.3, -0.25) is 4.21 Å². The normalized spacial score (nSPS) is 14.0. The van der Waals surface area contributed by atoms with E-state index < -0.39 is 10.8 Å². The Labute approximate surface area is 129 Å². The van der Waals surface area contributed by atoms with Gasteiger partial charge in [0.1, 0.15) is 5.75 Å². The first kappa shape index (κ1) is 16.0. The summed E-state index contributed by atoms with van der Waals surface area (Å²) in [4.78, 5) is 0. The highest BCUT2D eigenvalue weighted by Crippen LogP contribution is 2.21. The van der Waals surface area contributed by atoms with Crippen LogP contribution in [0.15, 0.2) is 36.4 Å². The van der Waals surface area contributed by atoms with Crippen LogP contribution in [0, 0.1) is 0 Å². The lowest BCUT2D eigenvalue weighted by molar-refractivity contribution is 0.415. The second-order valence-electron chi connectivity index (χ2n) is 5.40. The Morgan fingerprint density at radius 3 is 2.62 bits per heavy atom. The fourth-order valence-electron chi connectivity index (χ4n) is 2.25. The van der Waals surface area contributed by atoms with E-state index in [9.17, 15) is 4.21 Å². The first-order valence-electron chi connectivity index (χ1n) is 7.18. The third-order valence-corrected chi connectivity index (χ3v) is 4.42. The first-order chi connectivity index (χ1) is 10.1. The zero-order chi connectivity index (χ0) is 15.2. The molecule has 2 unspecified atom stereocenters. The van der Waals surface area contributed by atoms with Crippen molar-refractivity contribution in [2.75, 3.05) is 19.1 Å². The summed E-state index contributed by atoms with van der Waals surface area (Å²) in [7, 11) is 0.977. The topological polar surface area (TPSA) is 38.3 Å². The van der Waals surface area contributed by atoms with Crippen LogP contribution in [0.4, 0.5) is 0 Å². The molecule has 0 saturated heterocycles. The molecule has 4 heteroatoms. The fourth-order valence-corrected chi connectivity index (χ4v) is 2.93. The number of benzene rings is 2. The molecule has 0 aliphatic heterocycles. The van der Waals surface area contributed by atoms with E-state index in [-0.39, 0.29) is 0 Å². The van der Waals surface area contributed by atoms with Crippen molar-refractivity contribution in [3.05, 3.63) is 42.0 Å². The van der Waals surface area contributed by atoms with Crippen molar-refractivity contribution in [3.63, 3.8) is 0 Å². The quantitative estimate of drug-likeness (QED) is 0.854. The number of nitrogens with one attached hydrogen (secondary N) is 1. The van der Waals surface area contributed by atoms with E-state index in [4.69, 9.17) is 4.74 Å². The van der Waals surface area contributed by atoms with Crippen molar-refractivity contribution in [1.29, 1.82) is 0 Å². The summed E-state index contributed by atoms with van der Waals surface area (Å²) >= 11 is 0. The monoisotopic (exact) mass is 305 g/mol. The Bertz CT molecular complexity index is 627. The van der Waals surface area contributed by atoms with Gasteiger partial charge in [0.15, 0.2) is 0 Å². The third-order valence-electron chi connectivity index (χ3n) is 3.60. The molecule has 1 N–H and O–H groups in total. The van der Waals surface area contributed by atoms with E-state index in [1.54, 1.807) is 13.4 Å². The molecule has 21 heavy (non-hydrogen) atoms. The molecule has 0 aliphatic rings. The first-order valence-corrected chi connectivity index (χ1v) is 8.91. The maximum Gasteiger partial charge on any atom is 0.119 e. The maximum absolute atomic E-state index is 11.1. The van der Waals surface area contributed by atoms with Crippen molar-refractivity contribution in [2.45, 2.75) is 25.9 Å². The SMILES string of the molecule is COc1ccc2cc(CNC(C)CCS(C)=O)ccc2c1. The number of rotatable bonds is 7. The summed E-state index contributed by atoms with van der Waals surface area (Å²) < 4.78 is 16.3. The molecule has 0 spiro atoms. The van der Waals surface area contributed by atoms with Crippen LogP contribution in [0.1, 0.15) is 18.9 Å². The lowest BCUT2D eigenvalue weighted by atomic mass is 10.1. The predicted octanol–water partition coefficient (Wildman–Crippen LogP) is 3.10. The highest BCUT2D eigenvalue weighted by atomic mass is 32.2. The summed E-state index contributed by atoms with van der Waals surface area (Å²) in [5.74, 6) is 1.64. The van der Waals surface area contributed by atoms with Crippen LogP contribution in [-0.4, -0.2) is 29.4 Å². The lowest BCUT2D eigenvalue weighted by Gasteiger charge is -2.13. The number of hydrogen-bond donors (Lipinski definition) is 1. The molecule has 2 aromatic rings. The minimum absolute atomic E-state index is 0.375. The summed E-state index contributed by atoms with van der Waals surface area (Å²) in [6.07, 6.45) is 2.69. The molecular weight excluding hydrogens is 282 g/mol. The van der Waals surface area contributed by atoms with E-state index in [0.717, 1.165) is 24.5 Å². The van der Waals surface area contributed by atoms with E-state index in [0.29, 0.717) is 6.04 Å². The van der Waals surface area contributed by atoms with Crippen molar-refractivity contribution in [1.82, 2.24) is 5.32 Å². The zero-order valence-corrected chi connectivity index (χ0v) is 13.7. The molecule has 0 heterocycles. The maximum atomic E-state index is 11.1. The number of hydrogen-bond acceptors (Lipinski definition) is 3. The minimum Gasteiger partial charge on any atom is -0.497 e. The minimum atomic E-state index is -0.708. The highest BCUT2D eigenvalue weighted by molar-refractivity contribution is 7.84. The average Bonchev–Trinajstić information content (AvgIpc) is 2.50. The molecule has 2 rings (SSSR count). The van der Waals surface area contributed by atoms with Crippen LogP contribution < -0.4 is 10.1 Å². The smallest absolute Gasteiger partial charge is 0.119 e. The Kier molecular flexibility index (Phi) is 5.76. The molecule has 114 valence electrons. The van der Waals surface area contributed by atoms with Crippen LogP contribution in [0.2, 0.25) is 0 Å². The summed E-state index contributed by atoms with van der Waals surface area (Å²) in [5.41, 5.74) is 1.26. The van der Waals surface area contributed by atoms with Gasteiger partial charge in [-0.2, -0.15) is 0 Å². The van der Waals surface area contributed by atoms with Gasteiger partial charge in [0.05, 0.1) is 7.11 Å². The molecule has 0 radical (unpaired) electrons. The highest BCUT2D eigenvalue weighted by Gasteiger charge is 2.04. The van der Waals surface area contributed by atoms with E-state index in [1.165, 1.54) is 16.3 Å². The molecule has 0 bridgehead atoms. The lowest BCUT2D eigenvalue weighted by Crippen LogP contribution is -2.26. The van der Waals surface area contributed by atoms with Gasteiger partial charge in [0.25, 0.3) is 0 Å². The fraction of sp³-hybridized carbons (Fsp3) is 0.412. The average molecular weight is 305 g/mol. The Hall–Kier alpha value is -1.39. The van der Waals surface area contributed by atoms with Gasteiger partial charge in [-0.15, -0.1) is 0 Å². The molecule has 0 fully saturated rings. The standard InChI is InChI=1S/C17H23NO2S/c1-13(8-9-21(3)19)18-12-14-4-5-16-11-17(20-2)7-6-15(16)10-14/h4-7,10-11,13,18H,8-9,12H2,1-3H3. The molecule has 0 amide bonds. The Morgan fingerprint density at radius 1 is 1.19 bits per heavy atom. The third kappa shape index (κ3) is 4.83. The van der Waals surface area contributed by atoms with E-state index in [2.05, 4.69) is 36.5 Å². The second kappa shape index (κ2) is 7.57. The Balaban J connectivity index is 1.98. The number of ether oxygens (including phenoxy) is 1. The van der Waals surface area contributed by atoms with E-state index >= 15 is 0 Å². The van der Waals surface area contributed by atoms with Crippen molar-refractivity contribution >= 4 is 21.6 Å². The van der Waals surface area contributed by atoms with Gasteiger partial charge >= 0.3 is 0 Å².